The highest BCUT2D eigenvalue weighted by Crippen LogP contribution is 2.12. The minimum Gasteiger partial charge on any atom is -0.487 e. The van der Waals surface area contributed by atoms with E-state index in [1.807, 2.05) is 27.7 Å². The highest BCUT2D eigenvalue weighted by atomic mass is 18.2. The quantitative estimate of drug-likeness (QED) is 0.744. The monoisotopic (exact) mass is 326 g/mol. The lowest BCUT2D eigenvalue weighted by atomic mass is 10.2. The van der Waals surface area contributed by atoms with Gasteiger partial charge in [-0.05, 0) is 39.4 Å². The number of nitrogens with one attached hydrogen (secondary N) is 1. The lowest BCUT2D eigenvalue weighted by molar-refractivity contribution is 0.0521. The molecule has 0 atom stereocenters. The summed E-state index contributed by atoms with van der Waals surface area (Å²) in [6.45, 7) is 10.4. The summed E-state index contributed by atoms with van der Waals surface area (Å²) in [5.41, 5.74) is -0.504. The summed E-state index contributed by atoms with van der Waals surface area (Å²) in [5.74, 6) is -0.461. The Bertz CT molecular complexity index is 492. The SMILES string of the molecule is CCN(CCNC(=O)OC(C)(C)C)CCOc1cccnc1[18F]. The van der Waals surface area contributed by atoms with Crippen molar-refractivity contribution < 1.29 is 18.7 Å². The van der Waals surface area contributed by atoms with Crippen LogP contribution in [0.15, 0.2) is 18.3 Å². The number of ether oxygens (including phenoxy) is 2. The smallest absolute Gasteiger partial charge is 0.407 e. The van der Waals surface area contributed by atoms with Crippen molar-refractivity contribution in [1.29, 1.82) is 0 Å². The molecule has 1 amide bonds. The van der Waals surface area contributed by atoms with Crippen LogP contribution in [-0.4, -0.2) is 54.4 Å². The molecule has 23 heavy (non-hydrogen) atoms. The molecular formula is C16H26FN3O3. The lowest BCUT2D eigenvalue weighted by Gasteiger charge is -2.22. The number of halogens is 1. The van der Waals surface area contributed by atoms with Crippen LogP contribution in [0.4, 0.5) is 9.18 Å². The summed E-state index contributed by atoms with van der Waals surface area (Å²) < 4.78 is 23.8. The normalized spacial score (nSPS) is 11.4. The van der Waals surface area contributed by atoms with Crippen LogP contribution >= 0.6 is 0 Å². The first-order valence-corrected chi connectivity index (χ1v) is 7.74. The molecule has 0 aromatic carbocycles. The van der Waals surface area contributed by atoms with E-state index in [-0.39, 0.29) is 5.75 Å². The number of pyridine rings is 1. The zero-order chi connectivity index (χ0) is 17.3. The van der Waals surface area contributed by atoms with E-state index in [1.165, 1.54) is 6.20 Å². The second-order valence-corrected chi connectivity index (χ2v) is 6.00. The van der Waals surface area contributed by atoms with Crippen molar-refractivity contribution >= 4 is 6.09 Å². The van der Waals surface area contributed by atoms with Gasteiger partial charge in [-0.25, -0.2) is 9.78 Å². The number of amides is 1. The third-order valence-electron chi connectivity index (χ3n) is 2.93. The molecule has 0 aliphatic heterocycles. The van der Waals surface area contributed by atoms with Crippen LogP contribution in [0, 0.1) is 5.95 Å². The van der Waals surface area contributed by atoms with Crippen LogP contribution in [0.5, 0.6) is 5.75 Å². The number of hydrogen-bond donors (Lipinski definition) is 1. The molecule has 0 aliphatic rings. The third kappa shape index (κ3) is 8.35. The molecule has 130 valence electrons. The van der Waals surface area contributed by atoms with Gasteiger partial charge < -0.3 is 14.8 Å². The second-order valence-electron chi connectivity index (χ2n) is 6.00. The average molecular weight is 326 g/mol. The molecule has 7 heteroatoms. The fraction of sp³-hybridized carbons (Fsp3) is 0.625. The van der Waals surface area contributed by atoms with E-state index in [4.69, 9.17) is 9.47 Å². The maximum Gasteiger partial charge on any atom is 0.407 e. The van der Waals surface area contributed by atoms with Crippen LogP contribution in [0.25, 0.3) is 0 Å². The van der Waals surface area contributed by atoms with Crippen molar-refractivity contribution in [3.8, 4) is 5.75 Å². The van der Waals surface area contributed by atoms with Gasteiger partial charge in [0, 0.05) is 25.8 Å². The minimum atomic E-state index is -0.609. The van der Waals surface area contributed by atoms with E-state index in [0.29, 0.717) is 26.2 Å². The summed E-state index contributed by atoms with van der Waals surface area (Å²) in [5, 5.41) is 2.71. The van der Waals surface area contributed by atoms with E-state index in [1.54, 1.807) is 12.1 Å². The molecule has 0 unspecified atom stereocenters. The van der Waals surface area contributed by atoms with Gasteiger partial charge in [0.1, 0.15) is 12.2 Å². The molecule has 1 rings (SSSR count). The van der Waals surface area contributed by atoms with Gasteiger partial charge >= 0.3 is 6.09 Å². The zero-order valence-electron chi connectivity index (χ0n) is 14.3. The molecule has 1 aromatic heterocycles. The molecule has 1 N–H and O–H groups in total. The fourth-order valence-electron chi connectivity index (χ4n) is 1.82. The maximum absolute atomic E-state index is 13.3. The predicted molar refractivity (Wildman–Crippen MR) is 86.0 cm³/mol. The molecule has 0 saturated carbocycles. The van der Waals surface area contributed by atoms with Crippen LogP contribution in [0.3, 0.4) is 0 Å². The topological polar surface area (TPSA) is 63.7 Å². The largest absolute Gasteiger partial charge is 0.487 e. The average Bonchev–Trinajstić information content (AvgIpc) is 2.45. The molecule has 1 aromatic rings. The van der Waals surface area contributed by atoms with Gasteiger partial charge in [-0.2, -0.15) is 4.39 Å². The molecule has 0 spiro atoms. The van der Waals surface area contributed by atoms with Gasteiger partial charge in [0.2, 0.25) is 0 Å². The number of rotatable bonds is 8. The van der Waals surface area contributed by atoms with Crippen molar-refractivity contribution in [2.45, 2.75) is 33.3 Å². The number of carbonyl (C=O) groups excluding carboxylic acids is 1. The molecule has 1 heterocycles. The van der Waals surface area contributed by atoms with Crippen molar-refractivity contribution in [3.05, 3.63) is 24.3 Å². The van der Waals surface area contributed by atoms with Crippen molar-refractivity contribution in [3.63, 3.8) is 0 Å². The molecule has 6 nitrogen and oxygen atoms in total. The maximum atomic E-state index is 13.3. The van der Waals surface area contributed by atoms with Crippen LogP contribution in [-0.2, 0) is 4.74 Å². The number of likely N-dealkylation sites (N-methyl/N-ethyl adjacent to an activating group) is 1. The Kier molecular flexibility index (Phi) is 7.74. The van der Waals surface area contributed by atoms with E-state index in [0.717, 1.165) is 6.54 Å². The second kappa shape index (κ2) is 9.29. The summed E-state index contributed by atoms with van der Waals surface area (Å²) in [7, 11) is 0. The number of nitrogens with zero attached hydrogens (tertiary/aromatic N) is 2. The van der Waals surface area contributed by atoms with Gasteiger partial charge in [-0.1, -0.05) is 6.92 Å². The first kappa shape index (κ1) is 19.2. The van der Waals surface area contributed by atoms with E-state index < -0.39 is 17.6 Å². The number of alkyl carbamates (subject to hydrolysis) is 1. The highest BCUT2D eigenvalue weighted by molar-refractivity contribution is 5.67. The minimum absolute atomic E-state index is 0.149. The van der Waals surface area contributed by atoms with Crippen molar-refractivity contribution in [2.24, 2.45) is 0 Å². The van der Waals surface area contributed by atoms with E-state index >= 15 is 0 Å². The summed E-state index contributed by atoms with van der Waals surface area (Å²) >= 11 is 0. The van der Waals surface area contributed by atoms with Crippen LogP contribution < -0.4 is 10.1 Å². The predicted octanol–water partition coefficient (Wildman–Crippen LogP) is 2.45. The number of aromatic nitrogens is 1. The van der Waals surface area contributed by atoms with Crippen molar-refractivity contribution in [2.75, 3.05) is 32.8 Å². The summed E-state index contributed by atoms with van der Waals surface area (Å²) in [4.78, 5) is 17.2. The van der Waals surface area contributed by atoms with Gasteiger partial charge in [-0.15, -0.1) is 0 Å². The Balaban J connectivity index is 2.24. The van der Waals surface area contributed by atoms with Gasteiger partial charge in [0.15, 0.2) is 5.75 Å². The molecule has 0 radical (unpaired) electrons. The standard InChI is InChI=1S/C16H26FN3O3/c1-5-20(10-9-19-15(21)23-16(2,3)4)11-12-22-13-7-6-8-18-14(13)17/h6-8H,5,9-12H2,1-4H3,(H,19,21)/i17-1. The van der Waals surface area contributed by atoms with Gasteiger partial charge in [0.25, 0.3) is 5.95 Å². The molecular weight excluding hydrogens is 300 g/mol. The molecule has 0 aliphatic carbocycles. The van der Waals surface area contributed by atoms with Gasteiger partial charge in [0.05, 0.1) is 0 Å². The van der Waals surface area contributed by atoms with E-state index in [9.17, 15) is 9.18 Å². The van der Waals surface area contributed by atoms with Gasteiger partial charge in [-0.3, -0.25) is 4.90 Å². The van der Waals surface area contributed by atoms with Crippen molar-refractivity contribution in [1.82, 2.24) is 15.2 Å². The molecule has 0 saturated heterocycles. The Hall–Kier alpha value is -1.89. The Morgan fingerprint density at radius 1 is 1.39 bits per heavy atom. The Labute approximate surface area is 137 Å². The zero-order valence-corrected chi connectivity index (χ0v) is 14.3. The first-order chi connectivity index (χ1) is 10.8. The number of hydrogen-bond acceptors (Lipinski definition) is 5. The Morgan fingerprint density at radius 3 is 2.74 bits per heavy atom. The first-order valence-electron chi connectivity index (χ1n) is 7.74. The molecule has 0 bridgehead atoms. The molecule has 0 fully saturated rings. The van der Waals surface area contributed by atoms with E-state index in [2.05, 4.69) is 15.2 Å². The van der Waals surface area contributed by atoms with Crippen LogP contribution in [0.2, 0.25) is 0 Å². The third-order valence-corrected chi connectivity index (χ3v) is 2.93. The highest BCUT2D eigenvalue weighted by Gasteiger charge is 2.15. The number of carbonyl (C=O) groups is 1. The fourth-order valence-corrected chi connectivity index (χ4v) is 1.82. The lowest BCUT2D eigenvalue weighted by Crippen LogP contribution is -2.39. The van der Waals surface area contributed by atoms with Crippen LogP contribution in [0.1, 0.15) is 27.7 Å². The summed E-state index contributed by atoms with van der Waals surface area (Å²) in [6.07, 6.45) is 0.949. The Morgan fingerprint density at radius 2 is 2.13 bits per heavy atom. The summed E-state index contributed by atoms with van der Waals surface area (Å²) in [6, 6.07) is 3.17.